The van der Waals surface area contributed by atoms with Gasteiger partial charge in [-0.25, -0.2) is 13.8 Å². The second-order valence-corrected chi connectivity index (χ2v) is 9.27. The molecule has 0 aliphatic carbocycles. The summed E-state index contributed by atoms with van der Waals surface area (Å²) in [6.07, 6.45) is 5.13. The van der Waals surface area contributed by atoms with Gasteiger partial charge in [0.05, 0.1) is 16.8 Å². The van der Waals surface area contributed by atoms with Gasteiger partial charge in [0.25, 0.3) is 0 Å². The van der Waals surface area contributed by atoms with Gasteiger partial charge in [-0.05, 0) is 53.6 Å². The Bertz CT molecular complexity index is 1630. The van der Waals surface area contributed by atoms with E-state index in [-0.39, 0.29) is 11.3 Å². The number of nitriles is 1. The van der Waals surface area contributed by atoms with Gasteiger partial charge < -0.3 is 10.0 Å². The molecule has 5 aromatic rings. The van der Waals surface area contributed by atoms with Crippen molar-refractivity contribution >= 4 is 16.6 Å². The zero-order chi connectivity index (χ0) is 28.1. The van der Waals surface area contributed by atoms with Crippen LogP contribution in [-0.4, -0.2) is 46.3 Å². The number of aromatic nitrogens is 2. The van der Waals surface area contributed by atoms with Crippen molar-refractivity contribution in [3.63, 3.8) is 0 Å². The topological polar surface area (TPSA) is 102 Å². The number of fused-ring (bicyclic) bond motifs is 1. The third-order valence-electron chi connectivity index (χ3n) is 6.68. The lowest BCUT2D eigenvalue weighted by Gasteiger charge is -2.35. The number of halogens is 2. The molecule has 9 heteroatoms. The van der Waals surface area contributed by atoms with Gasteiger partial charge in [0.1, 0.15) is 23.5 Å². The number of anilines is 1. The minimum atomic E-state index is -0.667. The average molecular weight is 537 g/mol. The van der Waals surface area contributed by atoms with Crippen molar-refractivity contribution in [3.05, 3.63) is 109 Å². The maximum absolute atomic E-state index is 14.1. The zero-order valence-electron chi connectivity index (χ0n) is 21.5. The maximum atomic E-state index is 14.1. The number of hydrogen-bond acceptors (Lipinski definition) is 7. The number of phenolic OH excluding ortho intramolecular Hbond substituents is 1. The Kier molecular flexibility index (Phi) is 7.92. The van der Waals surface area contributed by atoms with Crippen LogP contribution in [0.2, 0.25) is 0 Å². The largest absolute Gasteiger partial charge is 0.506 e. The first-order chi connectivity index (χ1) is 19.4. The number of nitrogens with two attached hydrogens (primary N) is 1. The lowest BCUT2D eigenvalue weighted by Crippen LogP contribution is -2.49. The zero-order valence-corrected chi connectivity index (χ0v) is 21.5. The molecule has 1 saturated heterocycles. The van der Waals surface area contributed by atoms with Crippen molar-refractivity contribution in [2.24, 2.45) is 5.84 Å². The number of hydrogen-bond donors (Lipinski definition) is 2. The molecule has 0 radical (unpaired) electrons. The molecular formula is C31H26F2N6O. The van der Waals surface area contributed by atoms with Gasteiger partial charge in [0, 0.05) is 67.3 Å². The maximum Gasteiger partial charge on any atom is 0.141 e. The summed E-state index contributed by atoms with van der Waals surface area (Å²) in [7, 11) is 0. The summed E-state index contributed by atoms with van der Waals surface area (Å²) in [5.41, 5.74) is 3.87. The lowest BCUT2D eigenvalue weighted by atomic mass is 9.96. The minimum Gasteiger partial charge on any atom is -0.506 e. The van der Waals surface area contributed by atoms with E-state index >= 15 is 0 Å². The first-order valence-corrected chi connectivity index (χ1v) is 12.7. The fraction of sp³-hybridized carbons (Fsp3) is 0.129. The Morgan fingerprint density at radius 2 is 1.55 bits per heavy atom. The Hall–Kier alpha value is -4.91. The van der Waals surface area contributed by atoms with E-state index in [1.54, 1.807) is 41.8 Å². The van der Waals surface area contributed by atoms with E-state index in [0.717, 1.165) is 17.1 Å². The van der Waals surface area contributed by atoms with Crippen molar-refractivity contribution < 1.29 is 13.9 Å². The van der Waals surface area contributed by atoms with Crippen LogP contribution in [0.1, 0.15) is 5.56 Å². The van der Waals surface area contributed by atoms with Crippen LogP contribution in [0.25, 0.3) is 33.2 Å². The Morgan fingerprint density at radius 1 is 0.825 bits per heavy atom. The predicted molar refractivity (Wildman–Crippen MR) is 151 cm³/mol. The van der Waals surface area contributed by atoms with Crippen LogP contribution in [0.15, 0.2) is 91.4 Å². The summed E-state index contributed by atoms with van der Waals surface area (Å²) in [6.45, 7) is 2.51. The number of para-hydroxylation sites is 1. The standard InChI is InChI=1S/C26H21F2N5O.C5H5N/c27-19-10-18(11-20(28)13-19)23-15-31-24-5-4-16(21-3-1-2-17(14-29)26(21)34)12-22(24)25(23)32-6-8-33(30)9-7-32;1-2-4-6-5-3-1/h1-5,10-13,15,34H,6-9,30H2;1-5H. The fourth-order valence-electron chi connectivity index (χ4n) is 4.73. The summed E-state index contributed by atoms with van der Waals surface area (Å²) in [5, 5.41) is 22.4. The Labute approximate surface area is 230 Å². The number of aromatic hydroxyl groups is 1. The lowest BCUT2D eigenvalue weighted by molar-refractivity contribution is 0.266. The van der Waals surface area contributed by atoms with Gasteiger partial charge in [-0.2, -0.15) is 5.26 Å². The molecule has 6 rings (SSSR count). The summed E-state index contributed by atoms with van der Waals surface area (Å²) >= 11 is 0. The molecule has 1 fully saturated rings. The molecule has 0 spiro atoms. The number of pyridine rings is 2. The average Bonchev–Trinajstić information content (AvgIpc) is 2.98. The molecule has 0 amide bonds. The van der Waals surface area contributed by atoms with Crippen LogP contribution < -0.4 is 10.7 Å². The highest BCUT2D eigenvalue weighted by molar-refractivity contribution is 6.02. The van der Waals surface area contributed by atoms with E-state index in [0.29, 0.717) is 53.9 Å². The molecule has 200 valence electrons. The van der Waals surface area contributed by atoms with E-state index in [4.69, 9.17) is 5.84 Å². The molecule has 3 aromatic carbocycles. The fourth-order valence-corrected chi connectivity index (χ4v) is 4.73. The molecule has 0 atom stereocenters. The molecule has 2 aromatic heterocycles. The number of hydrazine groups is 1. The molecule has 3 heterocycles. The first kappa shape index (κ1) is 26.7. The molecule has 0 unspecified atom stereocenters. The van der Waals surface area contributed by atoms with Crippen molar-refractivity contribution in [3.8, 4) is 34.1 Å². The molecule has 1 aliphatic heterocycles. The van der Waals surface area contributed by atoms with E-state index in [1.807, 2.05) is 42.5 Å². The van der Waals surface area contributed by atoms with E-state index in [2.05, 4.69) is 14.9 Å². The van der Waals surface area contributed by atoms with Crippen molar-refractivity contribution in [1.29, 1.82) is 5.26 Å². The van der Waals surface area contributed by atoms with Gasteiger partial charge >= 0.3 is 0 Å². The number of benzene rings is 3. The second kappa shape index (κ2) is 11.9. The Balaban J connectivity index is 0.000000477. The molecule has 40 heavy (non-hydrogen) atoms. The summed E-state index contributed by atoms with van der Waals surface area (Å²) in [6, 6.07) is 21.7. The molecule has 1 aliphatic rings. The van der Waals surface area contributed by atoms with Gasteiger partial charge in [0.2, 0.25) is 0 Å². The van der Waals surface area contributed by atoms with Crippen LogP contribution in [0.5, 0.6) is 5.75 Å². The highest BCUT2D eigenvalue weighted by Crippen LogP contribution is 2.40. The number of nitrogens with zero attached hydrogens (tertiary/aromatic N) is 5. The van der Waals surface area contributed by atoms with Crippen molar-refractivity contribution in [2.75, 3.05) is 31.1 Å². The molecule has 0 saturated carbocycles. The van der Waals surface area contributed by atoms with E-state index in [1.165, 1.54) is 12.1 Å². The highest BCUT2D eigenvalue weighted by Gasteiger charge is 2.22. The normalized spacial score (nSPS) is 13.4. The SMILES string of the molecule is N#Cc1cccc(-c2ccc3ncc(-c4cc(F)cc(F)c4)c(N4CCN(N)CC4)c3c2)c1O.c1ccncc1. The summed E-state index contributed by atoms with van der Waals surface area (Å²) in [4.78, 5) is 10.5. The first-order valence-electron chi connectivity index (χ1n) is 12.7. The van der Waals surface area contributed by atoms with E-state index in [9.17, 15) is 19.1 Å². The number of rotatable bonds is 3. The van der Waals surface area contributed by atoms with Crippen LogP contribution in [0.3, 0.4) is 0 Å². The van der Waals surface area contributed by atoms with Crippen molar-refractivity contribution in [1.82, 2.24) is 15.0 Å². The van der Waals surface area contributed by atoms with Crippen LogP contribution in [-0.2, 0) is 0 Å². The van der Waals surface area contributed by atoms with Crippen LogP contribution in [0, 0.1) is 23.0 Å². The van der Waals surface area contributed by atoms with Gasteiger partial charge in [-0.15, -0.1) is 0 Å². The summed E-state index contributed by atoms with van der Waals surface area (Å²) < 4.78 is 28.2. The summed E-state index contributed by atoms with van der Waals surface area (Å²) in [5.74, 6) is 4.53. The monoisotopic (exact) mass is 536 g/mol. The van der Waals surface area contributed by atoms with Crippen LogP contribution in [0.4, 0.5) is 14.5 Å². The second-order valence-electron chi connectivity index (χ2n) is 9.27. The van der Waals surface area contributed by atoms with Gasteiger partial charge in [-0.3, -0.25) is 15.8 Å². The van der Waals surface area contributed by atoms with Crippen molar-refractivity contribution in [2.45, 2.75) is 0 Å². The molecule has 0 bridgehead atoms. The van der Waals surface area contributed by atoms with Gasteiger partial charge in [0.15, 0.2) is 0 Å². The number of phenols is 1. The minimum absolute atomic E-state index is 0.0982. The third kappa shape index (κ3) is 5.73. The van der Waals surface area contributed by atoms with Gasteiger partial charge in [-0.1, -0.05) is 24.3 Å². The molecule has 3 N–H and O–H groups in total. The van der Waals surface area contributed by atoms with E-state index < -0.39 is 11.6 Å². The third-order valence-corrected chi connectivity index (χ3v) is 6.68. The van der Waals surface area contributed by atoms with Crippen LogP contribution >= 0.6 is 0 Å². The number of piperazine rings is 1. The highest BCUT2D eigenvalue weighted by atomic mass is 19.1. The molecule has 7 nitrogen and oxygen atoms in total. The Morgan fingerprint density at radius 3 is 2.17 bits per heavy atom. The predicted octanol–water partition coefficient (Wildman–Crippen LogP) is 5.50. The molecular weight excluding hydrogens is 510 g/mol. The quantitative estimate of drug-likeness (QED) is 0.294. The smallest absolute Gasteiger partial charge is 0.141 e.